The second-order valence-electron chi connectivity index (χ2n) is 7.68. The Kier molecular flexibility index (Phi) is 15.5. The van der Waals surface area contributed by atoms with E-state index in [1.54, 1.807) is 0 Å². The third kappa shape index (κ3) is 15.3. The van der Waals surface area contributed by atoms with Gasteiger partial charge in [-0.2, -0.15) is 0 Å². The van der Waals surface area contributed by atoms with Gasteiger partial charge in [0.2, 0.25) is 0 Å². The van der Waals surface area contributed by atoms with Gasteiger partial charge in [0, 0.05) is 14.8 Å². The molecule has 0 saturated heterocycles. The van der Waals surface area contributed by atoms with Crippen molar-refractivity contribution < 1.29 is 9.90 Å². The van der Waals surface area contributed by atoms with Crippen molar-refractivity contribution in [1.29, 1.82) is 0 Å². The Balaban J connectivity index is 1.70. The van der Waals surface area contributed by atoms with Crippen LogP contribution in [0, 0.1) is 0 Å². The van der Waals surface area contributed by atoms with Gasteiger partial charge in [0.05, 0.1) is 0 Å². The first-order valence-electron chi connectivity index (χ1n) is 11.0. The minimum Gasteiger partial charge on any atom is -0.481 e. The highest BCUT2D eigenvalue weighted by atomic mass is 28.2. The maximum Gasteiger partial charge on any atom is 0.303 e. The van der Waals surface area contributed by atoms with Gasteiger partial charge in [-0.1, -0.05) is 119 Å². The predicted octanol–water partition coefficient (Wildman–Crippen LogP) is 7.04. The van der Waals surface area contributed by atoms with Crippen molar-refractivity contribution in [1.82, 2.24) is 0 Å². The number of hydrogen-bond donors (Lipinski definition) is 1. The van der Waals surface area contributed by atoms with E-state index in [4.69, 9.17) is 5.11 Å². The summed E-state index contributed by atoms with van der Waals surface area (Å²) in [5.74, 6) is -0.653. The van der Waals surface area contributed by atoms with Crippen LogP contribution in [0.3, 0.4) is 0 Å². The highest BCUT2D eigenvalue weighted by Gasteiger charge is 1.97. The van der Waals surface area contributed by atoms with E-state index in [1.807, 2.05) is 0 Å². The molecule has 1 aromatic rings. The van der Waals surface area contributed by atoms with E-state index in [0.717, 1.165) is 12.8 Å². The van der Waals surface area contributed by atoms with Crippen LogP contribution in [0.5, 0.6) is 0 Å². The number of aliphatic carboxylic acids is 1. The predicted molar refractivity (Wildman–Crippen MR) is 114 cm³/mol. The number of carboxylic acids is 1. The largest absolute Gasteiger partial charge is 0.481 e. The number of carboxylic acid groups (broad SMARTS) is 1. The van der Waals surface area contributed by atoms with Gasteiger partial charge in [-0.3, -0.25) is 4.79 Å². The van der Waals surface area contributed by atoms with Gasteiger partial charge in [0.15, 0.2) is 0 Å². The Morgan fingerprint density at radius 3 is 1.38 bits per heavy atom. The lowest BCUT2D eigenvalue weighted by atomic mass is 10.0. The van der Waals surface area contributed by atoms with Crippen molar-refractivity contribution in [2.24, 2.45) is 0 Å². The van der Waals surface area contributed by atoms with Crippen molar-refractivity contribution in [3.63, 3.8) is 0 Å². The van der Waals surface area contributed by atoms with Gasteiger partial charge in [0.1, 0.15) is 0 Å². The fourth-order valence-electron chi connectivity index (χ4n) is 3.55. The summed E-state index contributed by atoms with van der Waals surface area (Å²) in [5, 5.41) is 8.57. The van der Waals surface area contributed by atoms with Crippen LogP contribution in [-0.2, 0) is 10.8 Å². The molecule has 26 heavy (non-hydrogen) atoms. The smallest absolute Gasteiger partial charge is 0.303 e. The third-order valence-corrected chi connectivity index (χ3v) is 7.37. The molecule has 0 unspecified atom stereocenters. The molecule has 0 radical (unpaired) electrons. The van der Waals surface area contributed by atoms with Crippen LogP contribution in [0.15, 0.2) is 29.6 Å². The summed E-state index contributed by atoms with van der Waals surface area (Å²) in [5.41, 5.74) is 4.84. The zero-order valence-corrected chi connectivity index (χ0v) is 17.8. The molecule has 0 bridgehead atoms. The molecule has 0 aliphatic heterocycles. The van der Waals surface area contributed by atoms with E-state index < -0.39 is 5.97 Å². The van der Waals surface area contributed by atoms with Crippen molar-refractivity contribution in [3.05, 3.63) is 29.6 Å². The maximum atomic E-state index is 10.4. The van der Waals surface area contributed by atoms with E-state index in [1.165, 1.54) is 89.5 Å². The van der Waals surface area contributed by atoms with Crippen LogP contribution in [0.2, 0.25) is 0 Å². The van der Waals surface area contributed by atoms with Gasteiger partial charge in [0.25, 0.3) is 0 Å². The summed E-state index contributed by atoms with van der Waals surface area (Å²) >= 11 is 0. The molecular formula is C23H40O2Si. The first kappa shape index (κ1) is 23.1. The highest BCUT2D eigenvalue weighted by molar-refractivity contribution is 6.49. The van der Waals surface area contributed by atoms with Crippen LogP contribution >= 0.6 is 0 Å². The normalized spacial score (nSPS) is 10.9. The summed E-state index contributed by atoms with van der Waals surface area (Å²) in [7, 11) is -0.286. The Bertz CT molecular complexity index is 433. The summed E-state index contributed by atoms with van der Waals surface area (Å²) < 4.78 is 0. The molecule has 2 nitrogen and oxygen atoms in total. The molecule has 1 aromatic heterocycles. The summed E-state index contributed by atoms with van der Waals surface area (Å²) in [6, 6.07) is 8.00. The first-order chi connectivity index (χ1) is 12.8. The molecule has 0 aromatic carbocycles. The van der Waals surface area contributed by atoms with E-state index >= 15 is 0 Å². The molecule has 0 amide bonds. The number of carbonyl (C=O) groups is 1. The SMILES string of the molecule is O=C(O)CCCCCCCCCCCCCCCCC[si]1ccccc1. The van der Waals surface area contributed by atoms with Crippen molar-refractivity contribution in [2.45, 2.75) is 109 Å². The van der Waals surface area contributed by atoms with Gasteiger partial charge in [-0.25, -0.2) is 0 Å². The van der Waals surface area contributed by atoms with Crippen LogP contribution in [0.4, 0.5) is 0 Å². The third-order valence-electron chi connectivity index (χ3n) is 5.20. The standard InChI is InChI=1S/C23H40O2Si/c24-23(25)19-15-12-10-8-6-4-2-1-3-5-7-9-11-13-16-20-26-21-17-14-18-22-26/h14,17-18,21-22H,1-13,15-16,19-20H2,(H,24,25). The zero-order chi connectivity index (χ0) is 18.7. The van der Waals surface area contributed by atoms with Crippen LogP contribution < -0.4 is 0 Å². The Hall–Kier alpha value is -0.963. The topological polar surface area (TPSA) is 37.3 Å². The fraction of sp³-hybridized carbons (Fsp3) is 0.739. The Morgan fingerprint density at radius 1 is 0.577 bits per heavy atom. The summed E-state index contributed by atoms with van der Waals surface area (Å²) in [6.07, 6.45) is 20.2. The second-order valence-corrected chi connectivity index (χ2v) is 10.00. The molecule has 1 heterocycles. The average molecular weight is 377 g/mol. The molecule has 0 spiro atoms. The number of aryl methyl sites for hydroxylation is 1. The van der Waals surface area contributed by atoms with Crippen LogP contribution in [-0.4, -0.2) is 19.5 Å². The Labute approximate surface area is 162 Å². The van der Waals surface area contributed by atoms with E-state index in [-0.39, 0.29) is 8.40 Å². The minimum absolute atomic E-state index is 0.286. The average Bonchev–Trinajstić information content (AvgIpc) is 2.65. The quantitative estimate of drug-likeness (QED) is 0.220. The molecule has 3 heteroatoms. The molecule has 1 N–H and O–H groups in total. The van der Waals surface area contributed by atoms with Gasteiger partial charge < -0.3 is 5.11 Å². The van der Waals surface area contributed by atoms with Gasteiger partial charge in [-0.05, 0) is 12.5 Å². The molecule has 0 saturated carbocycles. The molecule has 0 aliphatic rings. The monoisotopic (exact) mass is 376 g/mol. The first-order valence-corrected chi connectivity index (χ1v) is 12.9. The lowest BCUT2D eigenvalue weighted by molar-refractivity contribution is -0.137. The Morgan fingerprint density at radius 2 is 0.962 bits per heavy atom. The van der Waals surface area contributed by atoms with Crippen LogP contribution in [0.25, 0.3) is 0 Å². The lowest BCUT2D eigenvalue weighted by Gasteiger charge is -2.04. The van der Waals surface area contributed by atoms with E-state index in [2.05, 4.69) is 29.6 Å². The highest BCUT2D eigenvalue weighted by Crippen LogP contribution is 2.13. The number of rotatable bonds is 18. The van der Waals surface area contributed by atoms with Gasteiger partial charge >= 0.3 is 5.97 Å². The fourth-order valence-corrected chi connectivity index (χ4v) is 5.37. The van der Waals surface area contributed by atoms with Crippen molar-refractivity contribution in [3.8, 4) is 0 Å². The minimum atomic E-state index is -0.653. The van der Waals surface area contributed by atoms with Crippen molar-refractivity contribution in [2.75, 3.05) is 0 Å². The summed E-state index contributed by atoms with van der Waals surface area (Å²) in [4.78, 5) is 10.4. The maximum absolute atomic E-state index is 10.4. The molecule has 0 aliphatic carbocycles. The molecular weight excluding hydrogens is 336 g/mol. The van der Waals surface area contributed by atoms with E-state index in [9.17, 15) is 4.79 Å². The van der Waals surface area contributed by atoms with Gasteiger partial charge in [-0.15, -0.1) is 0 Å². The van der Waals surface area contributed by atoms with Crippen molar-refractivity contribution >= 4 is 14.4 Å². The second kappa shape index (κ2) is 17.5. The molecule has 1 rings (SSSR count). The number of hydrogen-bond acceptors (Lipinski definition) is 1. The molecule has 0 fully saturated rings. The summed E-state index contributed by atoms with van der Waals surface area (Å²) in [6.45, 7) is 0. The van der Waals surface area contributed by atoms with E-state index in [0.29, 0.717) is 6.42 Å². The lowest BCUT2D eigenvalue weighted by Crippen LogP contribution is -1.98. The zero-order valence-electron chi connectivity index (χ0n) is 16.8. The number of unbranched alkanes of at least 4 members (excludes halogenated alkanes) is 14. The van der Waals surface area contributed by atoms with Crippen LogP contribution in [0.1, 0.15) is 103 Å². The molecule has 0 atom stereocenters. The molecule has 148 valence electrons.